The zero-order valence-corrected chi connectivity index (χ0v) is 11.5. The van der Waals surface area contributed by atoms with Crippen molar-refractivity contribution in [2.24, 2.45) is 0 Å². The number of rotatable bonds is 2. The maximum Gasteiger partial charge on any atom is 0.251 e. The van der Waals surface area contributed by atoms with E-state index in [1.54, 1.807) is 24.3 Å². The Morgan fingerprint density at radius 3 is 2.71 bits per heavy atom. The van der Waals surface area contributed by atoms with E-state index in [1.807, 2.05) is 24.3 Å². The van der Waals surface area contributed by atoms with Crippen LogP contribution in [-0.4, -0.2) is 5.91 Å². The molecule has 2 aromatic carbocycles. The van der Waals surface area contributed by atoms with Gasteiger partial charge >= 0.3 is 0 Å². The van der Waals surface area contributed by atoms with Crippen molar-refractivity contribution in [2.45, 2.75) is 18.9 Å². The van der Waals surface area contributed by atoms with Gasteiger partial charge in [-0.3, -0.25) is 4.79 Å². The number of fused-ring (bicyclic) bond motifs is 1. The van der Waals surface area contributed by atoms with E-state index in [0.29, 0.717) is 11.1 Å². The number of carbonyl (C=O) groups is 1. The molecule has 0 fully saturated rings. The fourth-order valence-electron chi connectivity index (χ4n) is 2.73. The molecule has 1 aliphatic carbocycles. The molecule has 0 spiro atoms. The molecule has 1 unspecified atom stereocenters. The van der Waals surface area contributed by atoms with Gasteiger partial charge in [-0.1, -0.05) is 6.07 Å². The van der Waals surface area contributed by atoms with E-state index in [9.17, 15) is 4.79 Å². The second-order valence-corrected chi connectivity index (χ2v) is 5.21. The standard InChI is InChI=1S/C17H15N3O/c18-10-11-1-3-12(4-2-11)17(21)20-16-8-5-13-9-14(19)6-7-15(13)16/h1-4,6-7,9,16H,5,8,19H2,(H,20,21). The molecule has 0 saturated heterocycles. The Bertz CT molecular complexity index is 729. The molecular weight excluding hydrogens is 262 g/mol. The number of nitrogens with one attached hydrogen (secondary N) is 1. The van der Waals surface area contributed by atoms with Gasteiger partial charge in [0.2, 0.25) is 0 Å². The maximum atomic E-state index is 12.3. The molecular formula is C17H15N3O. The van der Waals surface area contributed by atoms with Crippen LogP contribution in [0.2, 0.25) is 0 Å². The van der Waals surface area contributed by atoms with Gasteiger partial charge in [0.05, 0.1) is 17.7 Å². The molecule has 3 rings (SSSR count). The predicted octanol–water partition coefficient (Wildman–Crippen LogP) is 2.56. The summed E-state index contributed by atoms with van der Waals surface area (Å²) in [5.41, 5.74) is 10.0. The molecule has 1 aliphatic rings. The zero-order valence-electron chi connectivity index (χ0n) is 11.5. The minimum absolute atomic E-state index is 0.0312. The van der Waals surface area contributed by atoms with Crippen LogP contribution in [0.1, 0.15) is 39.5 Å². The van der Waals surface area contributed by atoms with Gasteiger partial charge < -0.3 is 11.1 Å². The van der Waals surface area contributed by atoms with Crippen LogP contribution >= 0.6 is 0 Å². The largest absolute Gasteiger partial charge is 0.399 e. The third kappa shape index (κ3) is 2.59. The summed E-state index contributed by atoms with van der Waals surface area (Å²) in [4.78, 5) is 12.3. The fourth-order valence-corrected chi connectivity index (χ4v) is 2.73. The molecule has 4 heteroatoms. The number of hydrogen-bond donors (Lipinski definition) is 2. The van der Waals surface area contributed by atoms with E-state index in [-0.39, 0.29) is 11.9 Å². The number of carbonyl (C=O) groups excluding carboxylic acids is 1. The maximum absolute atomic E-state index is 12.3. The SMILES string of the molecule is N#Cc1ccc(C(=O)NC2CCc3cc(N)ccc32)cc1. The molecule has 1 amide bonds. The second kappa shape index (κ2) is 5.29. The van der Waals surface area contributed by atoms with Crippen LogP contribution in [0.25, 0.3) is 0 Å². The number of hydrogen-bond acceptors (Lipinski definition) is 3. The lowest BCUT2D eigenvalue weighted by molar-refractivity contribution is 0.0936. The van der Waals surface area contributed by atoms with Crippen molar-refractivity contribution in [1.82, 2.24) is 5.32 Å². The van der Waals surface area contributed by atoms with Crippen molar-refractivity contribution in [2.75, 3.05) is 5.73 Å². The van der Waals surface area contributed by atoms with E-state index < -0.39 is 0 Å². The van der Waals surface area contributed by atoms with Crippen LogP contribution in [0.15, 0.2) is 42.5 Å². The van der Waals surface area contributed by atoms with Crippen LogP contribution in [0.5, 0.6) is 0 Å². The predicted molar refractivity (Wildman–Crippen MR) is 80.5 cm³/mol. The lowest BCUT2D eigenvalue weighted by Gasteiger charge is -2.14. The summed E-state index contributed by atoms with van der Waals surface area (Å²) in [5, 5.41) is 11.8. The third-order valence-corrected chi connectivity index (χ3v) is 3.83. The minimum atomic E-state index is -0.117. The Morgan fingerprint density at radius 2 is 2.00 bits per heavy atom. The highest BCUT2D eigenvalue weighted by Gasteiger charge is 2.24. The van der Waals surface area contributed by atoms with Crippen molar-refractivity contribution in [1.29, 1.82) is 5.26 Å². The third-order valence-electron chi connectivity index (χ3n) is 3.83. The molecule has 104 valence electrons. The molecule has 4 nitrogen and oxygen atoms in total. The van der Waals surface area contributed by atoms with Crippen molar-refractivity contribution in [3.05, 3.63) is 64.7 Å². The summed E-state index contributed by atoms with van der Waals surface area (Å²) in [6.07, 6.45) is 1.82. The summed E-state index contributed by atoms with van der Waals surface area (Å²) in [6, 6.07) is 14.5. The number of benzene rings is 2. The van der Waals surface area contributed by atoms with Gasteiger partial charge in [0.25, 0.3) is 5.91 Å². The molecule has 3 N–H and O–H groups in total. The van der Waals surface area contributed by atoms with Gasteiger partial charge in [0.1, 0.15) is 0 Å². The number of nitriles is 1. The number of anilines is 1. The summed E-state index contributed by atoms with van der Waals surface area (Å²) < 4.78 is 0. The quantitative estimate of drug-likeness (QED) is 0.828. The van der Waals surface area contributed by atoms with E-state index in [2.05, 4.69) is 5.32 Å². The summed E-state index contributed by atoms with van der Waals surface area (Å²) in [6.45, 7) is 0. The molecule has 0 heterocycles. The zero-order chi connectivity index (χ0) is 14.8. The summed E-state index contributed by atoms with van der Waals surface area (Å²) >= 11 is 0. The first kappa shape index (κ1) is 13.2. The minimum Gasteiger partial charge on any atom is -0.399 e. The molecule has 0 saturated carbocycles. The van der Waals surface area contributed by atoms with Gasteiger partial charge in [-0.2, -0.15) is 5.26 Å². The Hall–Kier alpha value is -2.80. The summed E-state index contributed by atoms with van der Waals surface area (Å²) in [5.74, 6) is -0.117. The van der Waals surface area contributed by atoms with Crippen LogP contribution in [0, 0.1) is 11.3 Å². The van der Waals surface area contributed by atoms with Crippen molar-refractivity contribution in [3.63, 3.8) is 0 Å². The Morgan fingerprint density at radius 1 is 1.24 bits per heavy atom. The average Bonchev–Trinajstić information content (AvgIpc) is 2.89. The Balaban J connectivity index is 1.76. The molecule has 0 aromatic heterocycles. The first-order chi connectivity index (χ1) is 10.2. The number of nitrogen functional groups attached to an aromatic ring is 1. The van der Waals surface area contributed by atoms with Crippen molar-refractivity contribution in [3.8, 4) is 6.07 Å². The van der Waals surface area contributed by atoms with Crippen LogP contribution in [0.3, 0.4) is 0 Å². The molecule has 0 radical (unpaired) electrons. The first-order valence-corrected chi connectivity index (χ1v) is 6.86. The number of amides is 1. The van der Waals surface area contributed by atoms with Gasteiger partial charge in [-0.05, 0) is 60.4 Å². The van der Waals surface area contributed by atoms with Gasteiger partial charge in [0, 0.05) is 11.3 Å². The number of nitrogens with two attached hydrogens (primary N) is 1. The van der Waals surface area contributed by atoms with Gasteiger partial charge in [-0.15, -0.1) is 0 Å². The number of aryl methyl sites for hydroxylation is 1. The summed E-state index contributed by atoms with van der Waals surface area (Å²) in [7, 11) is 0. The van der Waals surface area contributed by atoms with E-state index in [4.69, 9.17) is 11.0 Å². The molecule has 21 heavy (non-hydrogen) atoms. The molecule has 0 bridgehead atoms. The number of nitrogens with zero attached hydrogens (tertiary/aromatic N) is 1. The van der Waals surface area contributed by atoms with Crippen LogP contribution in [-0.2, 0) is 6.42 Å². The van der Waals surface area contributed by atoms with E-state index in [1.165, 1.54) is 5.56 Å². The van der Waals surface area contributed by atoms with Gasteiger partial charge in [0.15, 0.2) is 0 Å². The highest BCUT2D eigenvalue weighted by Crippen LogP contribution is 2.32. The fraction of sp³-hybridized carbons (Fsp3) is 0.176. The van der Waals surface area contributed by atoms with Crippen molar-refractivity contribution >= 4 is 11.6 Å². The first-order valence-electron chi connectivity index (χ1n) is 6.86. The van der Waals surface area contributed by atoms with E-state index in [0.717, 1.165) is 24.1 Å². The normalized spacial score (nSPS) is 16.0. The Labute approximate surface area is 123 Å². The van der Waals surface area contributed by atoms with Crippen molar-refractivity contribution < 1.29 is 4.79 Å². The Kier molecular flexibility index (Phi) is 3.33. The topological polar surface area (TPSA) is 78.9 Å². The smallest absolute Gasteiger partial charge is 0.251 e. The monoisotopic (exact) mass is 277 g/mol. The molecule has 0 aliphatic heterocycles. The van der Waals surface area contributed by atoms with Gasteiger partial charge in [-0.25, -0.2) is 0 Å². The van der Waals surface area contributed by atoms with Crippen LogP contribution < -0.4 is 11.1 Å². The lowest BCUT2D eigenvalue weighted by Crippen LogP contribution is -2.27. The lowest BCUT2D eigenvalue weighted by atomic mass is 10.1. The van der Waals surface area contributed by atoms with Crippen LogP contribution in [0.4, 0.5) is 5.69 Å². The molecule has 1 atom stereocenters. The molecule has 2 aromatic rings. The van der Waals surface area contributed by atoms with E-state index >= 15 is 0 Å². The average molecular weight is 277 g/mol. The second-order valence-electron chi connectivity index (χ2n) is 5.21. The highest BCUT2D eigenvalue weighted by molar-refractivity contribution is 5.94. The highest BCUT2D eigenvalue weighted by atomic mass is 16.1.